The minimum atomic E-state index is -2.66. The molecule has 5 rings (SSSR count). The van der Waals surface area contributed by atoms with Crippen LogP contribution >= 0.6 is 11.3 Å². The van der Waals surface area contributed by atoms with E-state index in [-0.39, 0.29) is 23.2 Å². The molecule has 0 radical (unpaired) electrons. The number of carbonyl (C=O) groups is 1. The van der Waals surface area contributed by atoms with Crippen LogP contribution in [0.15, 0.2) is 42.0 Å². The van der Waals surface area contributed by atoms with Crippen LogP contribution in [0.1, 0.15) is 41.3 Å². The predicted molar refractivity (Wildman–Crippen MR) is 118 cm³/mol. The Kier molecular flexibility index (Phi) is 5.61. The summed E-state index contributed by atoms with van der Waals surface area (Å²) in [7, 11) is 1.66. The number of aromatic nitrogens is 5. The number of carbonyl (C=O) groups excluding carboxylic acids is 1. The van der Waals surface area contributed by atoms with Gasteiger partial charge in [-0.05, 0) is 24.5 Å². The van der Waals surface area contributed by atoms with Crippen molar-refractivity contribution in [1.29, 1.82) is 0 Å². The summed E-state index contributed by atoms with van der Waals surface area (Å²) in [5.74, 6) is 0.539. The van der Waals surface area contributed by atoms with E-state index >= 15 is 0 Å². The monoisotopic (exact) mass is 471 g/mol. The first-order chi connectivity index (χ1) is 15.9. The number of thiazole rings is 1. The molecule has 4 aromatic rings. The number of rotatable bonds is 6. The highest BCUT2D eigenvalue weighted by atomic mass is 32.1. The summed E-state index contributed by atoms with van der Waals surface area (Å²) in [6.07, 6.45) is 2.49. The first-order valence-corrected chi connectivity index (χ1v) is 11.4. The molecule has 170 valence electrons. The van der Waals surface area contributed by atoms with Crippen LogP contribution in [0.4, 0.5) is 13.2 Å². The molecule has 4 heterocycles. The molecule has 1 aliphatic heterocycles. The van der Waals surface area contributed by atoms with Crippen molar-refractivity contribution in [2.24, 2.45) is 13.0 Å². The smallest absolute Gasteiger partial charge is 0.281 e. The lowest BCUT2D eigenvalue weighted by atomic mass is 9.91. The summed E-state index contributed by atoms with van der Waals surface area (Å²) in [5.41, 5.74) is 1.98. The third-order valence-electron chi connectivity index (χ3n) is 5.88. The summed E-state index contributed by atoms with van der Waals surface area (Å²) >= 11 is 1.08. The van der Waals surface area contributed by atoms with Crippen molar-refractivity contribution in [3.8, 4) is 21.8 Å². The molecule has 0 bridgehead atoms. The summed E-state index contributed by atoms with van der Waals surface area (Å²) in [5, 5.41) is 5.83. The highest BCUT2D eigenvalue weighted by molar-refractivity contribution is 7.13. The molecule has 0 saturated heterocycles. The second kappa shape index (κ2) is 8.58. The van der Waals surface area contributed by atoms with Crippen LogP contribution < -0.4 is 0 Å². The van der Waals surface area contributed by atoms with Gasteiger partial charge in [0, 0.05) is 43.6 Å². The summed E-state index contributed by atoms with van der Waals surface area (Å²) in [6.45, 7) is 0.720. The van der Waals surface area contributed by atoms with Gasteiger partial charge in [-0.2, -0.15) is 5.10 Å². The standard InChI is InChI=1S/C23H20F3N5OS/c1-30-21(16(10-27-30)23-29-18(12-33-23)22(25)26)19(32)7-13-5-6-31-11-17(28-20(31)8-13)14-3-2-4-15(24)9-14/h2-4,9-13,22H,5-8H2,1H3. The second-order valence-electron chi connectivity index (χ2n) is 8.14. The maximum absolute atomic E-state index is 13.6. The van der Waals surface area contributed by atoms with Gasteiger partial charge in [0.1, 0.15) is 28.0 Å². The number of ketones is 1. The predicted octanol–water partition coefficient (Wildman–Crippen LogP) is 5.32. The summed E-state index contributed by atoms with van der Waals surface area (Å²) in [4.78, 5) is 21.9. The van der Waals surface area contributed by atoms with Crippen molar-refractivity contribution in [3.63, 3.8) is 0 Å². The first kappa shape index (κ1) is 21.6. The van der Waals surface area contributed by atoms with Gasteiger partial charge >= 0.3 is 0 Å². The average Bonchev–Trinajstić information content (AvgIpc) is 3.51. The van der Waals surface area contributed by atoms with Crippen LogP contribution in [-0.4, -0.2) is 30.1 Å². The van der Waals surface area contributed by atoms with Crippen LogP contribution in [-0.2, 0) is 20.0 Å². The summed E-state index contributed by atoms with van der Waals surface area (Å²) in [6, 6.07) is 6.33. The molecule has 3 aromatic heterocycles. The normalized spacial score (nSPS) is 15.7. The van der Waals surface area contributed by atoms with E-state index in [4.69, 9.17) is 0 Å². The van der Waals surface area contributed by atoms with Crippen LogP contribution in [0.5, 0.6) is 0 Å². The van der Waals surface area contributed by atoms with Crippen LogP contribution in [0, 0.1) is 11.7 Å². The van der Waals surface area contributed by atoms with E-state index in [1.165, 1.54) is 28.4 Å². The number of hydrogen-bond acceptors (Lipinski definition) is 5. The fourth-order valence-electron chi connectivity index (χ4n) is 4.25. The van der Waals surface area contributed by atoms with E-state index in [9.17, 15) is 18.0 Å². The molecule has 1 aromatic carbocycles. The quantitative estimate of drug-likeness (QED) is 0.357. The SMILES string of the molecule is Cn1ncc(-c2nc(C(F)F)cs2)c1C(=O)CC1CCn2cc(-c3cccc(F)c3)nc2C1. The van der Waals surface area contributed by atoms with E-state index in [1.54, 1.807) is 13.1 Å². The molecular formula is C23H20F3N5OS. The van der Waals surface area contributed by atoms with Crippen LogP contribution in [0.25, 0.3) is 21.8 Å². The summed E-state index contributed by atoms with van der Waals surface area (Å²) < 4.78 is 43.0. The van der Waals surface area contributed by atoms with E-state index in [0.717, 1.165) is 35.7 Å². The maximum atomic E-state index is 13.6. The van der Waals surface area contributed by atoms with Crippen LogP contribution in [0.3, 0.4) is 0 Å². The Morgan fingerprint density at radius 1 is 1.30 bits per heavy atom. The first-order valence-electron chi connectivity index (χ1n) is 10.5. The number of aryl methyl sites for hydroxylation is 2. The largest absolute Gasteiger partial charge is 0.334 e. The Bertz CT molecular complexity index is 1330. The Labute approximate surface area is 191 Å². The number of alkyl halides is 2. The Balaban J connectivity index is 1.33. The highest BCUT2D eigenvalue weighted by Gasteiger charge is 2.27. The number of fused-ring (bicyclic) bond motifs is 1. The molecule has 0 aliphatic carbocycles. The minimum absolute atomic E-state index is 0.0865. The third-order valence-corrected chi connectivity index (χ3v) is 6.78. The van der Waals surface area contributed by atoms with Gasteiger partial charge in [-0.3, -0.25) is 9.48 Å². The number of halogens is 3. The molecule has 6 nitrogen and oxygen atoms in total. The number of benzene rings is 1. The molecule has 0 fully saturated rings. The van der Waals surface area contributed by atoms with Gasteiger partial charge in [0.25, 0.3) is 6.43 Å². The highest BCUT2D eigenvalue weighted by Crippen LogP contribution is 2.33. The number of nitrogens with zero attached hydrogens (tertiary/aromatic N) is 5. The molecule has 0 saturated carbocycles. The van der Waals surface area contributed by atoms with E-state index in [0.29, 0.717) is 34.8 Å². The van der Waals surface area contributed by atoms with Gasteiger partial charge in [0.2, 0.25) is 0 Å². The fourth-order valence-corrected chi connectivity index (χ4v) is 5.07. The van der Waals surface area contributed by atoms with Crippen molar-refractivity contribution in [1.82, 2.24) is 24.3 Å². The lowest BCUT2D eigenvalue weighted by Gasteiger charge is -2.22. The van der Waals surface area contributed by atoms with Crippen molar-refractivity contribution < 1.29 is 18.0 Å². The third kappa shape index (κ3) is 4.22. The topological polar surface area (TPSA) is 65.6 Å². The Morgan fingerprint density at radius 2 is 2.15 bits per heavy atom. The maximum Gasteiger partial charge on any atom is 0.281 e. The van der Waals surface area contributed by atoms with Gasteiger partial charge in [0.15, 0.2) is 5.78 Å². The minimum Gasteiger partial charge on any atom is -0.334 e. The van der Waals surface area contributed by atoms with Gasteiger partial charge in [-0.15, -0.1) is 11.3 Å². The van der Waals surface area contributed by atoms with Crippen molar-refractivity contribution >= 4 is 17.1 Å². The van der Waals surface area contributed by atoms with E-state index in [1.807, 2.05) is 12.3 Å². The number of Topliss-reactive ketones (excluding diaryl/α,β-unsaturated/α-hetero) is 1. The molecule has 0 N–H and O–H groups in total. The molecule has 1 aliphatic rings. The van der Waals surface area contributed by atoms with Crippen molar-refractivity contribution in [2.45, 2.75) is 32.2 Å². The van der Waals surface area contributed by atoms with Crippen molar-refractivity contribution in [2.75, 3.05) is 0 Å². The van der Waals surface area contributed by atoms with Gasteiger partial charge < -0.3 is 4.57 Å². The lowest BCUT2D eigenvalue weighted by Crippen LogP contribution is -2.22. The molecule has 1 atom stereocenters. The zero-order chi connectivity index (χ0) is 23.1. The zero-order valence-corrected chi connectivity index (χ0v) is 18.5. The van der Waals surface area contributed by atoms with Crippen molar-refractivity contribution in [3.05, 3.63) is 65.1 Å². The van der Waals surface area contributed by atoms with Gasteiger partial charge in [-0.25, -0.2) is 23.1 Å². The molecule has 33 heavy (non-hydrogen) atoms. The lowest BCUT2D eigenvalue weighted by molar-refractivity contribution is 0.0945. The molecule has 0 spiro atoms. The Hall–Kier alpha value is -3.27. The Morgan fingerprint density at radius 3 is 2.91 bits per heavy atom. The molecule has 1 unspecified atom stereocenters. The van der Waals surface area contributed by atoms with E-state index < -0.39 is 6.43 Å². The zero-order valence-electron chi connectivity index (χ0n) is 17.7. The van der Waals surface area contributed by atoms with Crippen LogP contribution in [0.2, 0.25) is 0 Å². The van der Waals surface area contributed by atoms with E-state index in [2.05, 4.69) is 19.6 Å². The second-order valence-corrected chi connectivity index (χ2v) is 9.00. The molecule has 0 amide bonds. The molecular weight excluding hydrogens is 451 g/mol. The number of imidazole rings is 1. The number of hydrogen-bond donors (Lipinski definition) is 0. The van der Waals surface area contributed by atoms with Gasteiger partial charge in [0.05, 0.1) is 17.5 Å². The average molecular weight is 472 g/mol. The molecule has 10 heteroatoms. The van der Waals surface area contributed by atoms with Gasteiger partial charge in [-0.1, -0.05) is 12.1 Å². The fraction of sp³-hybridized carbons (Fsp3) is 0.304.